The van der Waals surface area contributed by atoms with E-state index in [1.807, 2.05) is 0 Å². The van der Waals surface area contributed by atoms with Gasteiger partial charge in [-0.15, -0.1) is 0 Å². The largest absolute Gasteiger partial charge is 0.493 e. The number of rotatable bonds is 1. The molecule has 0 aromatic carbocycles. The first kappa shape index (κ1) is 10.7. The van der Waals surface area contributed by atoms with Crippen LogP contribution in [-0.2, 0) is 6.18 Å². The summed E-state index contributed by atoms with van der Waals surface area (Å²) in [6.45, 7) is 1.31. The fourth-order valence-electron chi connectivity index (χ4n) is 1.46. The second kappa shape index (κ2) is 3.36. The lowest BCUT2D eigenvalue weighted by molar-refractivity contribution is -0.141. The summed E-state index contributed by atoms with van der Waals surface area (Å²) < 4.78 is 43.8. The number of aromatic nitrogens is 3. The zero-order valence-corrected chi connectivity index (χ0v) is 8.54. The van der Waals surface area contributed by atoms with Crippen LogP contribution in [0.3, 0.4) is 0 Å². The quantitative estimate of drug-likeness (QED) is 0.754. The zero-order chi connectivity index (χ0) is 11.9. The van der Waals surface area contributed by atoms with E-state index in [-0.39, 0.29) is 17.1 Å². The van der Waals surface area contributed by atoms with Gasteiger partial charge in [0.1, 0.15) is 0 Å². The molecule has 0 aliphatic carbocycles. The van der Waals surface area contributed by atoms with Crippen molar-refractivity contribution in [3.05, 3.63) is 23.7 Å². The summed E-state index contributed by atoms with van der Waals surface area (Å²) in [5, 5.41) is 3.80. The van der Waals surface area contributed by atoms with Crippen LogP contribution in [0, 0.1) is 6.92 Å². The maximum absolute atomic E-state index is 12.6. The summed E-state index contributed by atoms with van der Waals surface area (Å²) >= 11 is 0. The zero-order valence-electron chi connectivity index (χ0n) is 8.54. The molecule has 0 N–H and O–H groups in total. The van der Waals surface area contributed by atoms with Crippen LogP contribution in [0.25, 0.3) is 5.65 Å². The Morgan fingerprint density at radius 1 is 1.38 bits per heavy atom. The van der Waals surface area contributed by atoms with Crippen molar-refractivity contribution in [1.82, 2.24) is 14.6 Å². The van der Waals surface area contributed by atoms with Crippen LogP contribution in [-0.4, -0.2) is 21.7 Å². The summed E-state index contributed by atoms with van der Waals surface area (Å²) in [5.41, 5.74) is -0.930. The Morgan fingerprint density at radius 2 is 2.06 bits per heavy atom. The van der Waals surface area contributed by atoms with Crippen LogP contribution in [0.5, 0.6) is 5.75 Å². The normalized spacial score (nSPS) is 12.1. The average Bonchev–Trinajstić information content (AvgIpc) is 2.56. The van der Waals surface area contributed by atoms with Gasteiger partial charge in [0.05, 0.1) is 19.0 Å². The molecule has 0 saturated carbocycles. The summed E-state index contributed by atoms with van der Waals surface area (Å²) in [7, 11) is 1.37. The van der Waals surface area contributed by atoms with Gasteiger partial charge in [-0.2, -0.15) is 18.3 Å². The molecule has 0 radical (unpaired) electrons. The van der Waals surface area contributed by atoms with Crippen molar-refractivity contribution in [3.63, 3.8) is 0 Å². The smallest absolute Gasteiger partial charge is 0.435 e. The molecule has 16 heavy (non-hydrogen) atoms. The van der Waals surface area contributed by atoms with E-state index in [0.29, 0.717) is 0 Å². The standard InChI is InChI=1S/C9H8F3N3O/c1-5-7(9(10,11)12)14-8-6(16-2)3-4-13-15(5)8/h3-4H,1-2H3. The highest BCUT2D eigenvalue weighted by atomic mass is 19.4. The van der Waals surface area contributed by atoms with E-state index in [9.17, 15) is 13.2 Å². The SMILES string of the molecule is COc1ccnn2c(C)c(C(F)(F)F)nc12. The first-order valence-corrected chi connectivity index (χ1v) is 4.40. The molecule has 0 unspecified atom stereocenters. The lowest BCUT2D eigenvalue weighted by Gasteiger charge is -2.02. The van der Waals surface area contributed by atoms with E-state index in [1.54, 1.807) is 0 Å². The molecule has 0 aliphatic heterocycles. The van der Waals surface area contributed by atoms with Gasteiger partial charge >= 0.3 is 6.18 Å². The number of ether oxygens (including phenoxy) is 1. The van der Waals surface area contributed by atoms with Crippen LogP contribution < -0.4 is 4.74 Å². The monoisotopic (exact) mass is 231 g/mol. The molecule has 0 spiro atoms. The summed E-state index contributed by atoms with van der Waals surface area (Å²) in [6.07, 6.45) is -3.12. The van der Waals surface area contributed by atoms with Crippen LogP contribution in [0.1, 0.15) is 11.4 Å². The second-order valence-electron chi connectivity index (χ2n) is 3.18. The Kier molecular flexibility index (Phi) is 2.25. The van der Waals surface area contributed by atoms with Crippen molar-refractivity contribution < 1.29 is 17.9 Å². The van der Waals surface area contributed by atoms with Crippen molar-refractivity contribution >= 4 is 5.65 Å². The molecule has 2 aromatic heterocycles. The Hall–Kier alpha value is -1.79. The lowest BCUT2D eigenvalue weighted by Crippen LogP contribution is -2.07. The topological polar surface area (TPSA) is 39.4 Å². The van der Waals surface area contributed by atoms with Gasteiger partial charge in [-0.3, -0.25) is 0 Å². The molecule has 4 nitrogen and oxygen atoms in total. The molecule has 0 fully saturated rings. The van der Waals surface area contributed by atoms with Crippen molar-refractivity contribution in [3.8, 4) is 5.75 Å². The third-order valence-corrected chi connectivity index (χ3v) is 2.20. The summed E-state index contributed by atoms with van der Waals surface area (Å²) in [4.78, 5) is 3.50. The molecule has 2 heterocycles. The van der Waals surface area contributed by atoms with E-state index in [0.717, 1.165) is 4.52 Å². The predicted octanol–water partition coefficient (Wildman–Crippen LogP) is 2.07. The third-order valence-electron chi connectivity index (χ3n) is 2.20. The van der Waals surface area contributed by atoms with Gasteiger partial charge in [0.15, 0.2) is 17.1 Å². The molecule has 0 amide bonds. The van der Waals surface area contributed by atoms with E-state index in [2.05, 4.69) is 10.1 Å². The molecule has 0 aliphatic rings. The highest BCUT2D eigenvalue weighted by Crippen LogP contribution is 2.32. The molecular formula is C9H8F3N3O. The first-order valence-electron chi connectivity index (χ1n) is 4.40. The van der Waals surface area contributed by atoms with E-state index >= 15 is 0 Å². The molecule has 0 atom stereocenters. The maximum Gasteiger partial charge on any atom is 0.435 e. The number of fused-ring (bicyclic) bond motifs is 1. The van der Waals surface area contributed by atoms with Gasteiger partial charge in [-0.1, -0.05) is 0 Å². The van der Waals surface area contributed by atoms with E-state index < -0.39 is 11.9 Å². The Balaban J connectivity index is 2.77. The third kappa shape index (κ3) is 1.48. The van der Waals surface area contributed by atoms with Crippen molar-refractivity contribution in [1.29, 1.82) is 0 Å². The fourth-order valence-corrected chi connectivity index (χ4v) is 1.46. The first-order chi connectivity index (χ1) is 7.45. The summed E-state index contributed by atoms with van der Waals surface area (Å²) in [6, 6.07) is 1.46. The van der Waals surface area contributed by atoms with Crippen LogP contribution >= 0.6 is 0 Å². The number of alkyl halides is 3. The number of hydrogen-bond donors (Lipinski definition) is 0. The Labute approximate surface area is 88.7 Å². The van der Waals surface area contributed by atoms with Crippen LogP contribution in [0.4, 0.5) is 13.2 Å². The highest BCUT2D eigenvalue weighted by Gasteiger charge is 2.37. The molecule has 0 saturated heterocycles. The molecule has 7 heteroatoms. The van der Waals surface area contributed by atoms with E-state index in [1.165, 1.54) is 26.3 Å². The van der Waals surface area contributed by atoms with Gasteiger partial charge in [0.2, 0.25) is 0 Å². The second-order valence-corrected chi connectivity index (χ2v) is 3.18. The molecule has 2 aromatic rings. The Bertz CT molecular complexity index is 533. The number of halogens is 3. The molecule has 86 valence electrons. The van der Waals surface area contributed by atoms with Gasteiger partial charge in [0, 0.05) is 6.07 Å². The van der Waals surface area contributed by atoms with Crippen molar-refractivity contribution in [2.45, 2.75) is 13.1 Å². The van der Waals surface area contributed by atoms with Gasteiger partial charge in [-0.05, 0) is 6.92 Å². The number of nitrogens with zero attached hydrogens (tertiary/aromatic N) is 3. The van der Waals surface area contributed by atoms with Gasteiger partial charge in [0.25, 0.3) is 0 Å². The molecule has 0 bridgehead atoms. The van der Waals surface area contributed by atoms with E-state index in [4.69, 9.17) is 4.74 Å². The minimum absolute atomic E-state index is 0.0543. The molecular weight excluding hydrogens is 223 g/mol. The van der Waals surface area contributed by atoms with Crippen molar-refractivity contribution in [2.75, 3.05) is 7.11 Å². The summed E-state index contributed by atoms with van der Waals surface area (Å²) in [5.74, 6) is 0.258. The average molecular weight is 231 g/mol. The minimum atomic E-state index is -4.48. The predicted molar refractivity (Wildman–Crippen MR) is 49.3 cm³/mol. The minimum Gasteiger partial charge on any atom is -0.493 e. The molecule has 2 rings (SSSR count). The number of imidazole rings is 1. The van der Waals surface area contributed by atoms with Gasteiger partial charge < -0.3 is 4.74 Å². The lowest BCUT2D eigenvalue weighted by atomic mass is 10.3. The van der Waals surface area contributed by atoms with Crippen LogP contribution in [0.15, 0.2) is 12.3 Å². The maximum atomic E-state index is 12.6. The number of methoxy groups -OCH3 is 1. The fraction of sp³-hybridized carbons (Fsp3) is 0.333. The number of aryl methyl sites for hydroxylation is 1. The van der Waals surface area contributed by atoms with Crippen molar-refractivity contribution in [2.24, 2.45) is 0 Å². The van der Waals surface area contributed by atoms with Gasteiger partial charge in [-0.25, -0.2) is 9.50 Å². The van der Waals surface area contributed by atoms with Crippen LogP contribution in [0.2, 0.25) is 0 Å². The number of hydrogen-bond acceptors (Lipinski definition) is 3. The highest BCUT2D eigenvalue weighted by molar-refractivity contribution is 5.54. The Morgan fingerprint density at radius 3 is 2.62 bits per heavy atom.